The van der Waals surface area contributed by atoms with Gasteiger partial charge in [-0.2, -0.15) is 13.2 Å². The monoisotopic (exact) mass is 341 g/mol. The summed E-state index contributed by atoms with van der Waals surface area (Å²) in [6.45, 7) is 1.68. The summed E-state index contributed by atoms with van der Waals surface area (Å²) in [6.07, 6.45) is -1.10. The molecule has 1 N–H and O–H groups in total. The molecular weight excluding hydrogens is 319 g/mol. The van der Waals surface area contributed by atoms with Crippen LogP contribution in [0.1, 0.15) is 53.9 Å². The molecule has 1 unspecified atom stereocenters. The molecule has 0 radical (unpaired) electrons. The molecule has 1 saturated carbocycles. The van der Waals surface area contributed by atoms with E-state index in [1.165, 1.54) is 0 Å². The van der Waals surface area contributed by atoms with Gasteiger partial charge >= 0.3 is 6.18 Å². The predicted octanol–water partition coefficient (Wildman–Crippen LogP) is 4.08. The Hall–Kier alpha value is -1.56. The first-order chi connectivity index (χ1) is 11.5. The van der Waals surface area contributed by atoms with Gasteiger partial charge in [0.1, 0.15) is 18.1 Å². The summed E-state index contributed by atoms with van der Waals surface area (Å²) in [6, 6.07) is 5.27. The quantitative estimate of drug-likeness (QED) is 0.839. The van der Waals surface area contributed by atoms with Gasteiger partial charge in [-0.25, -0.2) is 0 Å². The first-order valence-electron chi connectivity index (χ1n) is 8.50. The van der Waals surface area contributed by atoms with Crippen molar-refractivity contribution < 1.29 is 22.7 Å². The van der Waals surface area contributed by atoms with Gasteiger partial charge in [-0.15, -0.1) is 0 Å². The number of carbonyl (C=O) groups excluding carboxylic acids is 1. The smallest absolute Gasteiger partial charge is 0.391 e. The highest BCUT2D eigenvalue weighted by Gasteiger charge is 2.42. The maximum absolute atomic E-state index is 12.9. The van der Waals surface area contributed by atoms with Crippen LogP contribution in [-0.2, 0) is 0 Å². The zero-order valence-electron chi connectivity index (χ0n) is 13.4. The summed E-state index contributed by atoms with van der Waals surface area (Å²) in [5.74, 6) is -0.468. The summed E-state index contributed by atoms with van der Waals surface area (Å²) in [5.41, 5.74) is 1.42. The van der Waals surface area contributed by atoms with Crippen LogP contribution in [0.5, 0.6) is 5.75 Å². The van der Waals surface area contributed by atoms with Crippen molar-refractivity contribution in [1.82, 2.24) is 5.32 Å². The van der Waals surface area contributed by atoms with Crippen LogP contribution in [0.2, 0.25) is 0 Å². The number of alkyl halides is 3. The normalized spacial score (nSPS) is 27.9. The molecule has 2 fully saturated rings. The molecule has 1 heterocycles. The Labute approximate surface area is 139 Å². The minimum atomic E-state index is -4.11. The van der Waals surface area contributed by atoms with Crippen LogP contribution in [0.3, 0.4) is 0 Å². The fraction of sp³-hybridized carbons (Fsp3) is 0.611. The van der Waals surface area contributed by atoms with Crippen LogP contribution in [0.4, 0.5) is 13.2 Å². The van der Waals surface area contributed by atoms with Gasteiger partial charge in [0.15, 0.2) is 0 Å². The van der Waals surface area contributed by atoms with Crippen molar-refractivity contribution in [2.75, 3.05) is 13.1 Å². The van der Waals surface area contributed by atoms with Crippen LogP contribution in [0.25, 0.3) is 0 Å². The minimum Gasteiger partial charge on any atom is -0.489 e. The molecular formula is C18H22F3NO2. The molecule has 1 aromatic carbocycles. The number of benzene rings is 1. The third-order valence-electron chi connectivity index (χ3n) is 5.11. The van der Waals surface area contributed by atoms with Gasteiger partial charge in [0.2, 0.25) is 0 Å². The Morgan fingerprint density at radius 3 is 2.46 bits per heavy atom. The average molecular weight is 341 g/mol. The molecule has 1 atom stereocenters. The molecule has 24 heavy (non-hydrogen) atoms. The second-order valence-corrected chi connectivity index (χ2v) is 6.74. The molecule has 1 aliphatic heterocycles. The molecule has 132 valence electrons. The first-order valence-corrected chi connectivity index (χ1v) is 8.50. The summed E-state index contributed by atoms with van der Waals surface area (Å²) >= 11 is 0. The number of hydrogen-bond acceptors (Lipinski definition) is 3. The number of carbonyl (C=O) groups is 1. The van der Waals surface area contributed by atoms with Gasteiger partial charge in [0.25, 0.3) is 0 Å². The number of aldehydes is 1. The van der Waals surface area contributed by atoms with Crippen molar-refractivity contribution >= 4 is 6.29 Å². The maximum atomic E-state index is 12.9. The van der Waals surface area contributed by atoms with Gasteiger partial charge < -0.3 is 10.1 Å². The third-order valence-corrected chi connectivity index (χ3v) is 5.11. The fourth-order valence-electron chi connectivity index (χ4n) is 3.71. The molecule has 0 bridgehead atoms. The van der Waals surface area contributed by atoms with Crippen LogP contribution in [0, 0.1) is 5.92 Å². The largest absolute Gasteiger partial charge is 0.489 e. The number of halogens is 3. The van der Waals surface area contributed by atoms with E-state index in [0.29, 0.717) is 24.2 Å². The highest BCUT2D eigenvalue weighted by Crippen LogP contribution is 2.45. The highest BCUT2D eigenvalue weighted by molar-refractivity contribution is 5.75. The van der Waals surface area contributed by atoms with Gasteiger partial charge in [0.05, 0.1) is 5.92 Å². The zero-order valence-corrected chi connectivity index (χ0v) is 13.4. The molecule has 0 aromatic heterocycles. The van der Waals surface area contributed by atoms with E-state index in [0.717, 1.165) is 31.4 Å². The number of nitrogens with one attached hydrogen (secondary N) is 1. The standard InChI is InChI=1S/C18H22F3NO2/c19-18(20,21)14-4-2-13(3-5-14)16-9-12(11-23)1-6-17(16)24-15-7-8-22-10-15/h1,6,9,11,13-15,22H,2-5,7-8,10H2. The van der Waals surface area contributed by atoms with E-state index in [9.17, 15) is 18.0 Å². The molecule has 0 spiro atoms. The fourth-order valence-corrected chi connectivity index (χ4v) is 3.71. The summed E-state index contributed by atoms with van der Waals surface area (Å²) in [5, 5.41) is 3.23. The van der Waals surface area contributed by atoms with Crippen LogP contribution >= 0.6 is 0 Å². The lowest BCUT2D eigenvalue weighted by Crippen LogP contribution is -2.27. The minimum absolute atomic E-state index is 0.0212. The third kappa shape index (κ3) is 3.91. The van der Waals surface area contributed by atoms with Gasteiger partial charge in [-0.1, -0.05) is 0 Å². The van der Waals surface area contributed by atoms with E-state index in [2.05, 4.69) is 5.32 Å². The molecule has 6 heteroatoms. The number of rotatable bonds is 4. The Morgan fingerprint density at radius 2 is 1.88 bits per heavy atom. The zero-order chi connectivity index (χ0) is 17.2. The van der Waals surface area contributed by atoms with Crippen LogP contribution < -0.4 is 10.1 Å². The second kappa shape index (κ2) is 7.13. The van der Waals surface area contributed by atoms with Crippen molar-refractivity contribution in [3.8, 4) is 5.75 Å². The summed E-state index contributed by atoms with van der Waals surface area (Å²) < 4.78 is 44.6. The SMILES string of the molecule is O=Cc1ccc(OC2CCNC2)c(C2CCC(C(F)(F)F)CC2)c1. The first kappa shape index (κ1) is 17.3. The molecule has 3 nitrogen and oxygen atoms in total. The molecule has 1 aromatic rings. The van der Waals surface area contributed by atoms with E-state index in [4.69, 9.17) is 4.74 Å². The van der Waals surface area contributed by atoms with Crippen molar-refractivity contribution in [2.45, 2.75) is 50.3 Å². The topological polar surface area (TPSA) is 38.3 Å². The number of hydrogen-bond donors (Lipinski definition) is 1. The van der Waals surface area contributed by atoms with Gasteiger partial charge in [-0.3, -0.25) is 4.79 Å². The van der Waals surface area contributed by atoms with Crippen molar-refractivity contribution in [3.05, 3.63) is 29.3 Å². The summed E-state index contributed by atoms with van der Waals surface area (Å²) in [4.78, 5) is 11.1. The van der Waals surface area contributed by atoms with E-state index in [-0.39, 0.29) is 24.9 Å². The molecule has 3 rings (SSSR count). The van der Waals surface area contributed by atoms with Crippen molar-refractivity contribution in [2.24, 2.45) is 5.92 Å². The Morgan fingerprint density at radius 1 is 1.12 bits per heavy atom. The molecule has 2 aliphatic rings. The lowest BCUT2D eigenvalue weighted by molar-refractivity contribution is -0.182. The Bertz CT molecular complexity index is 574. The van der Waals surface area contributed by atoms with E-state index < -0.39 is 12.1 Å². The maximum Gasteiger partial charge on any atom is 0.391 e. The van der Waals surface area contributed by atoms with Gasteiger partial charge in [0, 0.05) is 12.1 Å². The highest BCUT2D eigenvalue weighted by atomic mass is 19.4. The number of ether oxygens (including phenoxy) is 1. The second-order valence-electron chi connectivity index (χ2n) is 6.74. The van der Waals surface area contributed by atoms with Crippen molar-refractivity contribution in [1.29, 1.82) is 0 Å². The van der Waals surface area contributed by atoms with Crippen LogP contribution in [-0.4, -0.2) is 31.7 Å². The van der Waals surface area contributed by atoms with E-state index in [1.807, 2.05) is 0 Å². The average Bonchev–Trinajstić information content (AvgIpc) is 3.07. The van der Waals surface area contributed by atoms with E-state index >= 15 is 0 Å². The molecule has 0 amide bonds. The van der Waals surface area contributed by atoms with E-state index in [1.54, 1.807) is 18.2 Å². The summed E-state index contributed by atoms with van der Waals surface area (Å²) in [7, 11) is 0. The predicted molar refractivity (Wildman–Crippen MR) is 84.5 cm³/mol. The lowest BCUT2D eigenvalue weighted by atomic mass is 9.78. The lowest BCUT2D eigenvalue weighted by Gasteiger charge is -2.31. The van der Waals surface area contributed by atoms with Crippen molar-refractivity contribution in [3.63, 3.8) is 0 Å². The Balaban J connectivity index is 1.76. The molecule has 1 saturated heterocycles. The van der Waals surface area contributed by atoms with Crippen LogP contribution in [0.15, 0.2) is 18.2 Å². The van der Waals surface area contributed by atoms with Gasteiger partial charge in [-0.05, 0) is 68.3 Å². The Kier molecular flexibility index (Phi) is 5.13. The molecule has 1 aliphatic carbocycles.